The minimum absolute atomic E-state index is 0.842. The number of furan rings is 1. The van der Waals surface area contributed by atoms with Crippen LogP contribution in [0, 0.1) is 0 Å². The summed E-state index contributed by atoms with van der Waals surface area (Å²) in [6.45, 7) is 0. The molecule has 0 fully saturated rings. The number of benzene rings is 3. The summed E-state index contributed by atoms with van der Waals surface area (Å²) in [6, 6.07) is 22.8. The Hall–Kier alpha value is -2.32. The van der Waals surface area contributed by atoms with Gasteiger partial charge in [-0.2, -0.15) is 0 Å². The van der Waals surface area contributed by atoms with Crippen molar-refractivity contribution in [1.29, 1.82) is 0 Å². The minimum Gasteiger partial charge on any atom is -0.455 e. The third-order valence-corrected chi connectivity index (χ3v) is 4.58. The average Bonchev–Trinajstić information content (AvgIpc) is 2.89. The van der Waals surface area contributed by atoms with E-state index in [0.29, 0.717) is 0 Å². The van der Waals surface area contributed by atoms with Crippen LogP contribution < -0.4 is 0 Å². The first-order chi connectivity index (χ1) is 10.8. The van der Waals surface area contributed by atoms with Crippen LogP contribution in [-0.4, -0.2) is 0 Å². The predicted octanol–water partition coefficient (Wildman–Crippen LogP) is 6.52. The first kappa shape index (κ1) is 13.4. The van der Waals surface area contributed by atoms with E-state index in [1.54, 1.807) is 0 Å². The lowest BCUT2D eigenvalue weighted by molar-refractivity contribution is 0.602. The molecule has 0 aliphatic carbocycles. The Balaban J connectivity index is 1.73. The number of para-hydroxylation sites is 1. The SMILES string of the molecule is Brc1c(/C=C/c2ccc3ccccc3c2)oc2ccccc12. The Labute approximate surface area is 137 Å². The van der Waals surface area contributed by atoms with Gasteiger partial charge >= 0.3 is 0 Å². The van der Waals surface area contributed by atoms with E-state index in [4.69, 9.17) is 4.42 Å². The van der Waals surface area contributed by atoms with Gasteiger partial charge in [-0.25, -0.2) is 0 Å². The molecule has 4 aromatic rings. The molecule has 0 aliphatic rings. The van der Waals surface area contributed by atoms with Gasteiger partial charge < -0.3 is 4.42 Å². The van der Waals surface area contributed by atoms with Crippen LogP contribution in [0.2, 0.25) is 0 Å². The van der Waals surface area contributed by atoms with E-state index in [9.17, 15) is 0 Å². The van der Waals surface area contributed by atoms with Crippen molar-refractivity contribution < 1.29 is 4.42 Å². The van der Waals surface area contributed by atoms with Gasteiger partial charge in [0.15, 0.2) is 0 Å². The van der Waals surface area contributed by atoms with Crippen LogP contribution in [0.25, 0.3) is 33.9 Å². The number of rotatable bonds is 2. The van der Waals surface area contributed by atoms with E-state index in [0.717, 1.165) is 26.8 Å². The van der Waals surface area contributed by atoms with E-state index in [1.165, 1.54) is 10.8 Å². The standard InChI is InChI=1S/C20H13BrO/c21-20-17-7-3-4-8-18(17)22-19(20)12-10-14-9-11-15-5-1-2-6-16(15)13-14/h1-13H/b12-10+. The molecule has 0 radical (unpaired) electrons. The number of halogens is 1. The zero-order valence-corrected chi connectivity index (χ0v) is 13.4. The molecule has 1 aromatic heterocycles. The largest absolute Gasteiger partial charge is 0.455 e. The van der Waals surface area contributed by atoms with Gasteiger partial charge in [0.2, 0.25) is 0 Å². The monoisotopic (exact) mass is 348 g/mol. The molecule has 106 valence electrons. The second-order valence-electron chi connectivity index (χ2n) is 5.22. The molecule has 0 spiro atoms. The Morgan fingerprint density at radius 1 is 0.773 bits per heavy atom. The molecule has 1 nitrogen and oxygen atoms in total. The third kappa shape index (κ3) is 2.36. The number of hydrogen-bond donors (Lipinski definition) is 0. The highest BCUT2D eigenvalue weighted by atomic mass is 79.9. The van der Waals surface area contributed by atoms with Gasteiger partial charge in [-0.15, -0.1) is 0 Å². The first-order valence-electron chi connectivity index (χ1n) is 7.15. The minimum atomic E-state index is 0.842. The number of fused-ring (bicyclic) bond motifs is 2. The smallest absolute Gasteiger partial charge is 0.142 e. The van der Waals surface area contributed by atoms with Crippen LogP contribution in [0.4, 0.5) is 0 Å². The molecule has 0 amide bonds. The van der Waals surface area contributed by atoms with Crippen molar-refractivity contribution in [2.75, 3.05) is 0 Å². The lowest BCUT2D eigenvalue weighted by atomic mass is 10.1. The molecule has 22 heavy (non-hydrogen) atoms. The van der Waals surface area contributed by atoms with Crippen LogP contribution in [0.5, 0.6) is 0 Å². The van der Waals surface area contributed by atoms with Crippen LogP contribution >= 0.6 is 15.9 Å². The highest BCUT2D eigenvalue weighted by molar-refractivity contribution is 9.10. The van der Waals surface area contributed by atoms with Gasteiger partial charge in [0, 0.05) is 5.39 Å². The highest BCUT2D eigenvalue weighted by Crippen LogP contribution is 2.32. The summed E-state index contributed by atoms with van der Waals surface area (Å²) in [7, 11) is 0. The Bertz CT molecular complexity index is 995. The fourth-order valence-electron chi connectivity index (χ4n) is 2.62. The fourth-order valence-corrected chi connectivity index (χ4v) is 3.16. The van der Waals surface area contributed by atoms with Crippen molar-refractivity contribution in [2.45, 2.75) is 0 Å². The first-order valence-corrected chi connectivity index (χ1v) is 7.94. The van der Waals surface area contributed by atoms with Crippen LogP contribution in [-0.2, 0) is 0 Å². The summed E-state index contributed by atoms with van der Waals surface area (Å²) in [5.41, 5.74) is 2.05. The molecule has 2 heteroatoms. The van der Waals surface area contributed by atoms with Gasteiger partial charge in [-0.1, -0.05) is 54.6 Å². The van der Waals surface area contributed by atoms with Gasteiger partial charge in [0.25, 0.3) is 0 Å². The third-order valence-electron chi connectivity index (χ3n) is 3.76. The summed E-state index contributed by atoms with van der Waals surface area (Å²) in [4.78, 5) is 0. The molecule has 0 saturated heterocycles. The lowest BCUT2D eigenvalue weighted by Crippen LogP contribution is -1.75. The number of hydrogen-bond acceptors (Lipinski definition) is 1. The van der Waals surface area contributed by atoms with E-state index in [1.807, 2.05) is 24.3 Å². The van der Waals surface area contributed by atoms with Crippen molar-refractivity contribution in [3.05, 3.63) is 82.5 Å². The van der Waals surface area contributed by atoms with Gasteiger partial charge in [0.1, 0.15) is 11.3 Å². The average molecular weight is 349 g/mol. The topological polar surface area (TPSA) is 13.1 Å². The predicted molar refractivity (Wildman–Crippen MR) is 96.8 cm³/mol. The quantitative estimate of drug-likeness (QED) is 0.402. The maximum atomic E-state index is 5.87. The van der Waals surface area contributed by atoms with Crippen LogP contribution in [0.3, 0.4) is 0 Å². The van der Waals surface area contributed by atoms with E-state index in [-0.39, 0.29) is 0 Å². The fraction of sp³-hybridized carbons (Fsp3) is 0. The summed E-state index contributed by atoms with van der Waals surface area (Å²) in [5, 5.41) is 3.60. The van der Waals surface area contributed by atoms with Gasteiger partial charge in [-0.05, 0) is 56.5 Å². The zero-order chi connectivity index (χ0) is 14.9. The van der Waals surface area contributed by atoms with Crippen molar-refractivity contribution >= 4 is 49.8 Å². The molecular weight excluding hydrogens is 336 g/mol. The second kappa shape index (κ2) is 5.47. The molecule has 3 aromatic carbocycles. The molecule has 0 N–H and O–H groups in total. The lowest BCUT2D eigenvalue weighted by Gasteiger charge is -1.98. The highest BCUT2D eigenvalue weighted by Gasteiger charge is 2.08. The molecule has 1 heterocycles. The van der Waals surface area contributed by atoms with Crippen molar-refractivity contribution in [3.63, 3.8) is 0 Å². The van der Waals surface area contributed by atoms with Crippen LogP contribution in [0.15, 0.2) is 75.6 Å². The summed E-state index contributed by atoms with van der Waals surface area (Å²) in [5.74, 6) is 0.842. The molecule has 0 bridgehead atoms. The molecule has 4 rings (SSSR count). The molecule has 0 aliphatic heterocycles. The molecule has 0 atom stereocenters. The summed E-state index contributed by atoms with van der Waals surface area (Å²) < 4.78 is 6.87. The molecule has 0 saturated carbocycles. The molecular formula is C20H13BrO. The Kier molecular flexibility index (Phi) is 3.32. The van der Waals surface area contributed by atoms with E-state index in [2.05, 4.69) is 70.5 Å². The summed E-state index contributed by atoms with van der Waals surface area (Å²) in [6.07, 6.45) is 4.09. The van der Waals surface area contributed by atoms with Crippen molar-refractivity contribution in [1.82, 2.24) is 0 Å². The van der Waals surface area contributed by atoms with Gasteiger partial charge in [-0.3, -0.25) is 0 Å². The molecule has 0 unspecified atom stereocenters. The Morgan fingerprint density at radius 2 is 1.55 bits per heavy atom. The van der Waals surface area contributed by atoms with E-state index < -0.39 is 0 Å². The van der Waals surface area contributed by atoms with Gasteiger partial charge in [0.05, 0.1) is 4.47 Å². The van der Waals surface area contributed by atoms with Crippen molar-refractivity contribution in [3.8, 4) is 0 Å². The van der Waals surface area contributed by atoms with E-state index >= 15 is 0 Å². The maximum Gasteiger partial charge on any atom is 0.142 e. The normalized spacial score (nSPS) is 11.7. The zero-order valence-electron chi connectivity index (χ0n) is 11.8. The Morgan fingerprint density at radius 3 is 2.41 bits per heavy atom. The van der Waals surface area contributed by atoms with Crippen molar-refractivity contribution in [2.24, 2.45) is 0 Å². The maximum absolute atomic E-state index is 5.87. The second-order valence-corrected chi connectivity index (χ2v) is 6.01. The van der Waals surface area contributed by atoms with Crippen LogP contribution in [0.1, 0.15) is 11.3 Å². The summed E-state index contributed by atoms with van der Waals surface area (Å²) >= 11 is 3.62.